The van der Waals surface area contributed by atoms with Gasteiger partial charge in [0.05, 0.1) is 0 Å². The van der Waals surface area contributed by atoms with Crippen molar-refractivity contribution in [1.29, 1.82) is 0 Å². The quantitative estimate of drug-likeness (QED) is 0.836. The molecule has 4 heteroatoms. The summed E-state index contributed by atoms with van der Waals surface area (Å²) in [5.74, 6) is 1.73. The lowest BCUT2D eigenvalue weighted by Gasteiger charge is -2.52. The van der Waals surface area contributed by atoms with Crippen molar-refractivity contribution in [3.8, 4) is 0 Å². The van der Waals surface area contributed by atoms with Gasteiger partial charge in [0.25, 0.3) is 0 Å². The highest BCUT2D eigenvalue weighted by Gasteiger charge is 2.43. The lowest BCUT2D eigenvalue weighted by Crippen LogP contribution is -2.60. The van der Waals surface area contributed by atoms with Crippen LogP contribution >= 0.6 is 11.6 Å². The first-order valence-corrected chi connectivity index (χ1v) is 8.83. The molecule has 3 fully saturated rings. The summed E-state index contributed by atoms with van der Waals surface area (Å²) < 4.78 is 0. The fourth-order valence-corrected chi connectivity index (χ4v) is 4.82. The number of halogens is 1. The van der Waals surface area contributed by atoms with Crippen LogP contribution in [-0.2, 0) is 11.3 Å². The number of nitrogens with zero attached hydrogens (tertiary/aromatic N) is 2. The lowest BCUT2D eigenvalue weighted by atomic mass is 9.76. The second kappa shape index (κ2) is 5.86. The minimum Gasteiger partial charge on any atom is -0.339 e. The van der Waals surface area contributed by atoms with Crippen molar-refractivity contribution in [3.63, 3.8) is 0 Å². The number of hydrogen-bond acceptors (Lipinski definition) is 2. The van der Waals surface area contributed by atoms with Crippen molar-refractivity contribution in [2.24, 2.45) is 11.8 Å². The van der Waals surface area contributed by atoms with E-state index in [0.717, 1.165) is 44.0 Å². The molecule has 0 radical (unpaired) electrons. The third-order valence-electron chi connectivity index (χ3n) is 5.57. The van der Waals surface area contributed by atoms with Gasteiger partial charge in [0, 0.05) is 43.7 Å². The fraction of sp³-hybridized carbons (Fsp3) is 0.611. The first-order valence-electron chi connectivity index (χ1n) is 8.45. The predicted octanol–water partition coefficient (Wildman–Crippen LogP) is 3.17. The van der Waals surface area contributed by atoms with E-state index in [0.29, 0.717) is 23.8 Å². The Kier molecular flexibility index (Phi) is 3.87. The van der Waals surface area contributed by atoms with E-state index in [2.05, 4.69) is 21.9 Å². The molecule has 3 heterocycles. The summed E-state index contributed by atoms with van der Waals surface area (Å²) in [6.45, 7) is 4.24. The molecule has 1 aromatic rings. The Morgan fingerprint density at radius 2 is 1.95 bits per heavy atom. The summed E-state index contributed by atoms with van der Waals surface area (Å²) in [5, 5.41) is 0.802. The van der Waals surface area contributed by atoms with Crippen LogP contribution in [0, 0.1) is 11.8 Å². The van der Waals surface area contributed by atoms with Crippen LogP contribution in [0.3, 0.4) is 0 Å². The standard InChI is InChI=1S/C18H23ClN2O/c19-16-6-4-13(5-7-16)9-20-10-14-8-15(12-20)17-2-1-3-18(22)21(17)11-14/h4-7,14-15,17H,1-3,8-12H2/t14-,15-,17-/m0/s1. The largest absolute Gasteiger partial charge is 0.339 e. The molecule has 0 unspecified atom stereocenters. The number of rotatable bonds is 2. The van der Waals surface area contributed by atoms with Gasteiger partial charge in [-0.05, 0) is 48.8 Å². The van der Waals surface area contributed by atoms with Gasteiger partial charge in [-0.3, -0.25) is 9.69 Å². The maximum absolute atomic E-state index is 12.2. The minimum absolute atomic E-state index is 0.400. The van der Waals surface area contributed by atoms with Crippen molar-refractivity contribution in [2.45, 2.75) is 38.3 Å². The molecule has 0 spiro atoms. The molecule has 118 valence electrons. The molecule has 3 aliphatic heterocycles. The average Bonchev–Trinajstić information content (AvgIpc) is 2.51. The highest BCUT2D eigenvalue weighted by molar-refractivity contribution is 6.30. The molecule has 3 nitrogen and oxygen atoms in total. The van der Waals surface area contributed by atoms with Gasteiger partial charge in [-0.1, -0.05) is 23.7 Å². The molecule has 22 heavy (non-hydrogen) atoms. The van der Waals surface area contributed by atoms with Gasteiger partial charge in [0.2, 0.25) is 5.91 Å². The summed E-state index contributed by atoms with van der Waals surface area (Å²) in [4.78, 5) is 17.0. The molecule has 3 atom stereocenters. The van der Waals surface area contributed by atoms with Gasteiger partial charge >= 0.3 is 0 Å². The zero-order chi connectivity index (χ0) is 15.1. The number of likely N-dealkylation sites (tertiary alicyclic amines) is 1. The second-order valence-corrected chi connectivity index (χ2v) is 7.62. The lowest BCUT2D eigenvalue weighted by molar-refractivity contribution is -0.145. The molecule has 2 bridgehead atoms. The molecule has 4 rings (SSSR count). The maximum Gasteiger partial charge on any atom is 0.222 e. The number of hydrogen-bond donors (Lipinski definition) is 0. The normalized spacial score (nSPS) is 32.0. The van der Waals surface area contributed by atoms with Crippen molar-refractivity contribution >= 4 is 17.5 Å². The van der Waals surface area contributed by atoms with Crippen LogP contribution in [0.15, 0.2) is 24.3 Å². The predicted molar refractivity (Wildman–Crippen MR) is 87.7 cm³/mol. The van der Waals surface area contributed by atoms with Gasteiger partial charge in [0.15, 0.2) is 0 Å². The smallest absolute Gasteiger partial charge is 0.222 e. The Labute approximate surface area is 137 Å². The molecule has 1 aromatic carbocycles. The van der Waals surface area contributed by atoms with Crippen LogP contribution in [0.1, 0.15) is 31.2 Å². The molecule has 0 N–H and O–H groups in total. The molecule has 0 aromatic heterocycles. The van der Waals surface area contributed by atoms with Crippen molar-refractivity contribution < 1.29 is 4.79 Å². The number of benzene rings is 1. The van der Waals surface area contributed by atoms with E-state index < -0.39 is 0 Å². The third-order valence-corrected chi connectivity index (χ3v) is 5.83. The van der Waals surface area contributed by atoms with Crippen LogP contribution < -0.4 is 0 Å². The number of piperidine rings is 3. The SMILES string of the molecule is O=C1CCC[C@H]2[C@H]3C[C@@H](CN(Cc4ccc(Cl)cc4)C3)CN12. The average molecular weight is 319 g/mol. The van der Waals surface area contributed by atoms with Crippen LogP contribution in [0.4, 0.5) is 0 Å². The van der Waals surface area contributed by atoms with Crippen molar-refractivity contribution in [1.82, 2.24) is 9.80 Å². The van der Waals surface area contributed by atoms with Gasteiger partial charge in [-0.25, -0.2) is 0 Å². The van der Waals surface area contributed by atoms with E-state index in [4.69, 9.17) is 11.6 Å². The van der Waals surface area contributed by atoms with E-state index in [1.807, 2.05) is 12.1 Å². The van der Waals surface area contributed by atoms with Crippen molar-refractivity contribution in [2.75, 3.05) is 19.6 Å². The van der Waals surface area contributed by atoms with E-state index >= 15 is 0 Å². The Balaban J connectivity index is 1.46. The first kappa shape index (κ1) is 14.5. The molecule has 1 amide bonds. The molecule has 3 aliphatic rings. The zero-order valence-electron chi connectivity index (χ0n) is 12.9. The third kappa shape index (κ3) is 2.77. The number of amides is 1. The van der Waals surface area contributed by atoms with Crippen molar-refractivity contribution in [3.05, 3.63) is 34.9 Å². The molecule has 0 saturated carbocycles. The molecular formula is C18H23ClN2O. The molecular weight excluding hydrogens is 296 g/mol. The Morgan fingerprint density at radius 3 is 2.77 bits per heavy atom. The van der Waals surface area contributed by atoms with Gasteiger partial charge in [0.1, 0.15) is 0 Å². The van der Waals surface area contributed by atoms with Gasteiger partial charge in [-0.2, -0.15) is 0 Å². The number of fused-ring (bicyclic) bond motifs is 4. The number of carbonyl (C=O) groups is 1. The van der Waals surface area contributed by atoms with E-state index in [9.17, 15) is 4.79 Å². The Morgan fingerprint density at radius 1 is 1.14 bits per heavy atom. The summed E-state index contributed by atoms with van der Waals surface area (Å²) in [6, 6.07) is 8.71. The summed E-state index contributed by atoms with van der Waals surface area (Å²) in [7, 11) is 0. The van der Waals surface area contributed by atoms with Gasteiger partial charge < -0.3 is 4.90 Å². The number of carbonyl (C=O) groups excluding carboxylic acids is 1. The van der Waals surface area contributed by atoms with Crippen LogP contribution in [0.2, 0.25) is 5.02 Å². The Bertz CT molecular complexity index is 559. The maximum atomic E-state index is 12.2. The second-order valence-electron chi connectivity index (χ2n) is 7.19. The highest BCUT2D eigenvalue weighted by atomic mass is 35.5. The van der Waals surface area contributed by atoms with Crippen LogP contribution in [-0.4, -0.2) is 41.4 Å². The highest BCUT2D eigenvalue weighted by Crippen LogP contribution is 2.38. The summed E-state index contributed by atoms with van der Waals surface area (Å²) in [6.07, 6.45) is 4.37. The minimum atomic E-state index is 0.400. The summed E-state index contributed by atoms with van der Waals surface area (Å²) in [5.41, 5.74) is 1.33. The first-order chi connectivity index (χ1) is 10.7. The van der Waals surface area contributed by atoms with E-state index in [-0.39, 0.29) is 0 Å². The molecule has 3 saturated heterocycles. The van der Waals surface area contributed by atoms with Gasteiger partial charge in [-0.15, -0.1) is 0 Å². The van der Waals surface area contributed by atoms with E-state index in [1.165, 1.54) is 18.4 Å². The van der Waals surface area contributed by atoms with Crippen LogP contribution in [0.5, 0.6) is 0 Å². The Hall–Kier alpha value is -1.06. The van der Waals surface area contributed by atoms with E-state index in [1.54, 1.807) is 0 Å². The topological polar surface area (TPSA) is 23.6 Å². The monoisotopic (exact) mass is 318 g/mol. The fourth-order valence-electron chi connectivity index (χ4n) is 4.69. The van der Waals surface area contributed by atoms with Crippen LogP contribution in [0.25, 0.3) is 0 Å². The summed E-state index contributed by atoms with van der Waals surface area (Å²) >= 11 is 5.97. The molecule has 0 aliphatic carbocycles. The zero-order valence-corrected chi connectivity index (χ0v) is 13.6.